The molecule has 0 aliphatic heterocycles. The van der Waals surface area contributed by atoms with Gasteiger partial charge in [0.2, 0.25) is 5.88 Å². The smallest absolute Gasteiger partial charge is 0.222 e. The van der Waals surface area contributed by atoms with Crippen molar-refractivity contribution in [3.63, 3.8) is 0 Å². The molecule has 5 nitrogen and oxygen atoms in total. The van der Waals surface area contributed by atoms with Crippen LogP contribution in [0.1, 0.15) is 25.8 Å². The molecular weight excluding hydrogens is 393 g/mol. The summed E-state index contributed by atoms with van der Waals surface area (Å²) < 4.78 is 21.5. The van der Waals surface area contributed by atoms with Crippen molar-refractivity contribution in [1.82, 2.24) is 14.7 Å². The summed E-state index contributed by atoms with van der Waals surface area (Å²) >= 11 is 0. The van der Waals surface area contributed by atoms with Crippen molar-refractivity contribution in [1.29, 1.82) is 0 Å². The van der Waals surface area contributed by atoms with Crippen LogP contribution < -0.4 is 4.74 Å². The summed E-state index contributed by atoms with van der Waals surface area (Å²) in [6.07, 6.45) is 2.48. The monoisotopic (exact) mass is 423 g/mol. The number of nitrogens with zero attached hydrogens (tertiary/aromatic N) is 3. The zero-order valence-corrected chi connectivity index (χ0v) is 18.4. The molecule has 0 saturated carbocycles. The van der Waals surface area contributed by atoms with E-state index in [0.717, 1.165) is 29.8 Å². The summed E-state index contributed by atoms with van der Waals surface area (Å²) in [5, 5.41) is 15.3. The average Bonchev–Trinajstić information content (AvgIpc) is 3.04. The highest BCUT2D eigenvalue weighted by Gasteiger charge is 2.25. The van der Waals surface area contributed by atoms with E-state index in [9.17, 15) is 9.50 Å². The van der Waals surface area contributed by atoms with E-state index >= 15 is 0 Å². The van der Waals surface area contributed by atoms with E-state index in [0.29, 0.717) is 24.7 Å². The lowest BCUT2D eigenvalue weighted by Crippen LogP contribution is -2.39. The van der Waals surface area contributed by atoms with Crippen molar-refractivity contribution in [3.05, 3.63) is 78.6 Å². The molecule has 0 unspecified atom stereocenters. The van der Waals surface area contributed by atoms with Gasteiger partial charge in [0.25, 0.3) is 0 Å². The molecule has 1 aromatic heterocycles. The van der Waals surface area contributed by atoms with E-state index in [2.05, 4.69) is 18.4 Å². The number of halogens is 1. The first kappa shape index (κ1) is 22.7. The molecular formula is C25H30FN3O2. The van der Waals surface area contributed by atoms with Crippen LogP contribution in [0.3, 0.4) is 0 Å². The van der Waals surface area contributed by atoms with Gasteiger partial charge in [0, 0.05) is 31.8 Å². The van der Waals surface area contributed by atoms with E-state index in [1.807, 2.05) is 37.4 Å². The predicted molar refractivity (Wildman–Crippen MR) is 122 cm³/mol. The number of benzene rings is 2. The van der Waals surface area contributed by atoms with Crippen LogP contribution in [0.25, 0.3) is 11.3 Å². The van der Waals surface area contributed by atoms with Crippen LogP contribution >= 0.6 is 0 Å². The first-order valence-electron chi connectivity index (χ1n) is 10.5. The molecule has 3 rings (SSSR count). The molecule has 0 radical (unpaired) electrons. The fraction of sp³-hybridized carbons (Fsp3) is 0.320. The first-order valence-corrected chi connectivity index (χ1v) is 10.5. The van der Waals surface area contributed by atoms with Crippen LogP contribution in [-0.2, 0) is 13.6 Å². The van der Waals surface area contributed by atoms with Crippen LogP contribution in [0.2, 0.25) is 0 Å². The van der Waals surface area contributed by atoms with Gasteiger partial charge in [-0.25, -0.2) is 9.07 Å². The number of aryl methyl sites for hydroxylation is 1. The minimum Gasteiger partial charge on any atom is -0.439 e. The second kappa shape index (κ2) is 9.90. The SMILES string of the molecule is C=C[C@](C)(O)CN(CCC)Cc1c(-c2ccccc2)nn(C)c1Oc1cccc(F)c1. The summed E-state index contributed by atoms with van der Waals surface area (Å²) in [6.45, 7) is 9.31. The Bertz CT molecular complexity index is 1010. The van der Waals surface area contributed by atoms with E-state index in [1.54, 1.807) is 29.8 Å². The van der Waals surface area contributed by atoms with Crippen LogP contribution in [0, 0.1) is 5.82 Å². The van der Waals surface area contributed by atoms with Gasteiger partial charge in [-0.3, -0.25) is 4.90 Å². The van der Waals surface area contributed by atoms with Gasteiger partial charge in [-0.2, -0.15) is 5.10 Å². The lowest BCUT2D eigenvalue weighted by molar-refractivity contribution is 0.0585. The topological polar surface area (TPSA) is 50.5 Å². The molecule has 0 aliphatic carbocycles. The lowest BCUT2D eigenvalue weighted by atomic mass is 10.0. The largest absolute Gasteiger partial charge is 0.439 e. The van der Waals surface area contributed by atoms with Gasteiger partial charge >= 0.3 is 0 Å². The molecule has 0 aliphatic rings. The Balaban J connectivity index is 2.04. The van der Waals surface area contributed by atoms with Gasteiger partial charge in [-0.15, -0.1) is 6.58 Å². The standard InChI is InChI=1S/C25H30FN3O2/c1-5-15-29(18-25(3,30)6-2)17-22-23(19-11-8-7-9-12-19)27-28(4)24(22)31-21-14-10-13-20(26)16-21/h6-14,16,30H,2,5,15,17-18H2,1,3-4H3/t25-/m0/s1. The summed E-state index contributed by atoms with van der Waals surface area (Å²) in [5.74, 6) is 0.590. The van der Waals surface area contributed by atoms with Gasteiger partial charge in [0.05, 0.1) is 11.2 Å². The van der Waals surface area contributed by atoms with Crippen molar-refractivity contribution < 1.29 is 14.2 Å². The molecule has 3 aromatic rings. The molecule has 0 bridgehead atoms. The highest BCUT2D eigenvalue weighted by molar-refractivity contribution is 5.65. The maximum atomic E-state index is 13.7. The Labute approximate surface area is 183 Å². The van der Waals surface area contributed by atoms with E-state index in [4.69, 9.17) is 9.84 Å². The number of aliphatic hydroxyl groups is 1. The van der Waals surface area contributed by atoms with E-state index in [1.165, 1.54) is 12.1 Å². The molecule has 0 saturated heterocycles. The van der Waals surface area contributed by atoms with Crippen LogP contribution in [0.15, 0.2) is 67.3 Å². The van der Waals surface area contributed by atoms with E-state index < -0.39 is 5.60 Å². The normalized spacial score (nSPS) is 13.2. The average molecular weight is 424 g/mol. The number of hydrogen-bond donors (Lipinski definition) is 1. The van der Waals surface area contributed by atoms with Crippen LogP contribution in [-0.4, -0.2) is 38.5 Å². The molecule has 2 aromatic carbocycles. The molecule has 0 fully saturated rings. The second-order valence-corrected chi connectivity index (χ2v) is 7.95. The van der Waals surface area contributed by atoms with Crippen molar-refractivity contribution in [2.45, 2.75) is 32.4 Å². The Morgan fingerprint density at radius 2 is 1.97 bits per heavy atom. The van der Waals surface area contributed by atoms with Crippen molar-refractivity contribution >= 4 is 0 Å². The van der Waals surface area contributed by atoms with Crippen molar-refractivity contribution in [2.75, 3.05) is 13.1 Å². The maximum Gasteiger partial charge on any atom is 0.222 e. The van der Waals surface area contributed by atoms with Crippen molar-refractivity contribution in [3.8, 4) is 22.9 Å². The maximum absolute atomic E-state index is 13.7. The third kappa shape index (κ3) is 5.81. The molecule has 1 heterocycles. The van der Waals surface area contributed by atoms with Gasteiger partial charge in [0.1, 0.15) is 17.3 Å². The quantitative estimate of drug-likeness (QED) is 0.457. The molecule has 164 valence electrons. The third-order valence-corrected chi connectivity index (χ3v) is 5.05. The number of aromatic nitrogens is 2. The number of ether oxygens (including phenoxy) is 1. The summed E-state index contributed by atoms with van der Waals surface area (Å²) in [5.41, 5.74) is 1.63. The molecule has 31 heavy (non-hydrogen) atoms. The third-order valence-electron chi connectivity index (χ3n) is 5.05. The molecule has 0 spiro atoms. The van der Waals surface area contributed by atoms with Gasteiger partial charge < -0.3 is 9.84 Å². The Morgan fingerprint density at radius 3 is 2.61 bits per heavy atom. The lowest BCUT2D eigenvalue weighted by Gasteiger charge is -2.29. The highest BCUT2D eigenvalue weighted by atomic mass is 19.1. The van der Waals surface area contributed by atoms with Crippen LogP contribution in [0.4, 0.5) is 4.39 Å². The molecule has 0 amide bonds. The first-order chi connectivity index (χ1) is 14.8. The predicted octanol–water partition coefficient (Wildman–Crippen LogP) is 5.17. The van der Waals surface area contributed by atoms with Gasteiger partial charge in [-0.1, -0.05) is 49.4 Å². The van der Waals surface area contributed by atoms with Gasteiger partial charge in [0.15, 0.2) is 0 Å². The van der Waals surface area contributed by atoms with Crippen LogP contribution in [0.5, 0.6) is 11.6 Å². The fourth-order valence-corrected chi connectivity index (χ4v) is 3.56. The summed E-state index contributed by atoms with van der Waals surface area (Å²) in [4.78, 5) is 2.16. The Kier molecular flexibility index (Phi) is 7.25. The molecule has 6 heteroatoms. The number of rotatable bonds is 10. The zero-order valence-electron chi connectivity index (χ0n) is 18.4. The second-order valence-electron chi connectivity index (χ2n) is 7.95. The Morgan fingerprint density at radius 1 is 1.23 bits per heavy atom. The van der Waals surface area contributed by atoms with E-state index in [-0.39, 0.29) is 5.82 Å². The summed E-state index contributed by atoms with van der Waals surface area (Å²) in [7, 11) is 1.81. The van der Waals surface area contributed by atoms with Crippen molar-refractivity contribution in [2.24, 2.45) is 7.05 Å². The molecule has 1 N–H and O–H groups in total. The minimum atomic E-state index is -1.02. The van der Waals surface area contributed by atoms with Gasteiger partial charge in [-0.05, 0) is 32.0 Å². The number of hydrogen-bond acceptors (Lipinski definition) is 4. The Hall–Kier alpha value is -2.96. The zero-order chi connectivity index (χ0) is 22.4. The minimum absolute atomic E-state index is 0.362. The fourth-order valence-electron chi connectivity index (χ4n) is 3.56. The highest BCUT2D eigenvalue weighted by Crippen LogP contribution is 2.34. The molecule has 1 atom stereocenters. The summed E-state index contributed by atoms with van der Waals surface area (Å²) in [6, 6.07) is 16.0.